The van der Waals surface area contributed by atoms with E-state index in [1.165, 1.54) is 13.0 Å². The lowest BCUT2D eigenvalue weighted by atomic mass is 10.2. The van der Waals surface area contributed by atoms with Gasteiger partial charge in [-0.3, -0.25) is 10.1 Å². The van der Waals surface area contributed by atoms with E-state index >= 15 is 0 Å². The molecule has 1 N–H and O–H groups in total. The van der Waals surface area contributed by atoms with E-state index in [0.29, 0.717) is 5.56 Å². The van der Waals surface area contributed by atoms with Gasteiger partial charge in [-0.15, -0.1) is 0 Å². The number of anilines is 2. The van der Waals surface area contributed by atoms with Crippen molar-refractivity contribution in [2.45, 2.75) is 20.0 Å². The number of rotatable bonds is 3. The molecular formula is C12H10F3N3O2. The Morgan fingerprint density at radius 2 is 2.00 bits per heavy atom. The van der Waals surface area contributed by atoms with Crippen molar-refractivity contribution in [3.63, 3.8) is 0 Å². The molecule has 0 radical (unpaired) electrons. The first-order chi connectivity index (χ1) is 9.27. The standard InChI is InChI=1S/C12H10F3N3O2/c1-6-3-4-9(12(13,14)15)17-10(6)18-11-16-8(5-20-11)7(2)19/h3-5H,1-2H3,(H,16,17,18). The molecule has 0 spiro atoms. The number of alkyl halides is 3. The molecule has 5 nitrogen and oxygen atoms in total. The van der Waals surface area contributed by atoms with Crippen LogP contribution in [0.15, 0.2) is 22.8 Å². The average Bonchev–Trinajstić information content (AvgIpc) is 2.79. The van der Waals surface area contributed by atoms with Gasteiger partial charge in [0.25, 0.3) is 0 Å². The SMILES string of the molecule is CC(=O)c1coc(Nc2nc(C(F)(F)F)ccc2C)n1. The summed E-state index contributed by atoms with van der Waals surface area (Å²) in [7, 11) is 0. The second kappa shape index (κ2) is 4.95. The molecule has 0 atom stereocenters. The van der Waals surface area contributed by atoms with Crippen LogP contribution in [0.25, 0.3) is 0 Å². The van der Waals surface area contributed by atoms with Crippen LogP contribution in [0.4, 0.5) is 25.0 Å². The van der Waals surface area contributed by atoms with Crippen molar-refractivity contribution in [2.24, 2.45) is 0 Å². The highest BCUT2D eigenvalue weighted by Crippen LogP contribution is 2.30. The van der Waals surface area contributed by atoms with Crippen LogP contribution < -0.4 is 5.32 Å². The van der Waals surface area contributed by atoms with E-state index in [-0.39, 0.29) is 23.3 Å². The molecule has 0 bridgehead atoms. The van der Waals surface area contributed by atoms with Crippen LogP contribution in [0.2, 0.25) is 0 Å². The summed E-state index contributed by atoms with van der Waals surface area (Å²) in [6, 6.07) is 2.08. The molecule has 0 saturated carbocycles. The van der Waals surface area contributed by atoms with E-state index in [1.54, 1.807) is 6.92 Å². The number of ketones is 1. The second-order valence-corrected chi connectivity index (χ2v) is 4.08. The first kappa shape index (κ1) is 14.0. The maximum atomic E-state index is 12.6. The van der Waals surface area contributed by atoms with E-state index < -0.39 is 11.9 Å². The number of halogens is 3. The molecule has 0 aliphatic carbocycles. The van der Waals surface area contributed by atoms with Gasteiger partial charge >= 0.3 is 12.2 Å². The minimum Gasteiger partial charge on any atom is -0.431 e. The number of hydrogen-bond donors (Lipinski definition) is 1. The molecule has 2 aromatic rings. The molecule has 106 valence electrons. The number of aryl methyl sites for hydroxylation is 1. The largest absolute Gasteiger partial charge is 0.433 e. The van der Waals surface area contributed by atoms with Gasteiger partial charge in [0.2, 0.25) is 0 Å². The number of Topliss-reactive ketones (excluding diaryl/α,β-unsaturated/α-hetero) is 1. The van der Waals surface area contributed by atoms with Gasteiger partial charge in [0.15, 0.2) is 5.78 Å². The summed E-state index contributed by atoms with van der Waals surface area (Å²) in [5.41, 5.74) is -0.457. The summed E-state index contributed by atoms with van der Waals surface area (Å²) < 4.78 is 42.7. The fourth-order valence-corrected chi connectivity index (χ4v) is 1.41. The van der Waals surface area contributed by atoms with Crippen LogP contribution in [-0.4, -0.2) is 15.8 Å². The number of nitrogens with one attached hydrogen (secondary N) is 1. The smallest absolute Gasteiger partial charge is 0.431 e. The zero-order chi connectivity index (χ0) is 14.9. The van der Waals surface area contributed by atoms with Crippen LogP contribution in [0, 0.1) is 6.92 Å². The van der Waals surface area contributed by atoms with E-state index in [0.717, 1.165) is 12.3 Å². The first-order valence-electron chi connectivity index (χ1n) is 5.55. The number of carbonyl (C=O) groups excluding carboxylic acids is 1. The molecule has 2 heterocycles. The van der Waals surface area contributed by atoms with E-state index in [4.69, 9.17) is 4.42 Å². The molecule has 8 heteroatoms. The number of aromatic nitrogens is 2. The number of nitrogens with zero attached hydrogens (tertiary/aromatic N) is 2. The van der Waals surface area contributed by atoms with Gasteiger partial charge < -0.3 is 4.42 Å². The lowest BCUT2D eigenvalue weighted by molar-refractivity contribution is -0.141. The van der Waals surface area contributed by atoms with Crippen molar-refractivity contribution in [3.8, 4) is 0 Å². The summed E-state index contributed by atoms with van der Waals surface area (Å²) in [6.07, 6.45) is -3.42. The Kier molecular flexibility index (Phi) is 3.47. The van der Waals surface area contributed by atoms with Crippen molar-refractivity contribution in [2.75, 3.05) is 5.32 Å². The quantitative estimate of drug-likeness (QED) is 0.876. The molecule has 0 fully saturated rings. The van der Waals surface area contributed by atoms with Gasteiger partial charge in [0.05, 0.1) is 0 Å². The van der Waals surface area contributed by atoms with Crippen LogP contribution in [0.5, 0.6) is 0 Å². The van der Waals surface area contributed by atoms with Crippen LogP contribution in [0.3, 0.4) is 0 Å². The topological polar surface area (TPSA) is 68.0 Å². The van der Waals surface area contributed by atoms with Crippen LogP contribution >= 0.6 is 0 Å². The van der Waals surface area contributed by atoms with Gasteiger partial charge in [-0.05, 0) is 18.6 Å². The Bertz CT molecular complexity index is 650. The van der Waals surface area contributed by atoms with Crippen molar-refractivity contribution >= 4 is 17.6 Å². The highest BCUT2D eigenvalue weighted by atomic mass is 19.4. The molecule has 0 aromatic carbocycles. The third-order valence-electron chi connectivity index (χ3n) is 2.48. The minimum absolute atomic E-state index is 0.0308. The molecule has 0 aliphatic heterocycles. The maximum Gasteiger partial charge on any atom is 0.433 e. The van der Waals surface area contributed by atoms with Crippen molar-refractivity contribution in [1.29, 1.82) is 0 Å². The van der Waals surface area contributed by atoms with Gasteiger partial charge in [-0.2, -0.15) is 18.2 Å². The van der Waals surface area contributed by atoms with Gasteiger partial charge in [0.1, 0.15) is 23.5 Å². The van der Waals surface area contributed by atoms with Gasteiger partial charge in [-0.25, -0.2) is 4.98 Å². The lowest BCUT2D eigenvalue weighted by Crippen LogP contribution is -2.10. The van der Waals surface area contributed by atoms with Crippen LogP contribution in [-0.2, 0) is 6.18 Å². The summed E-state index contributed by atoms with van der Waals surface area (Å²) in [5, 5.41) is 2.52. The normalized spacial score (nSPS) is 11.4. The second-order valence-electron chi connectivity index (χ2n) is 4.08. The molecule has 0 amide bonds. The van der Waals surface area contributed by atoms with Gasteiger partial charge in [0, 0.05) is 6.92 Å². The molecule has 2 rings (SSSR count). The number of carbonyl (C=O) groups is 1. The zero-order valence-electron chi connectivity index (χ0n) is 10.6. The van der Waals surface area contributed by atoms with Crippen LogP contribution in [0.1, 0.15) is 28.7 Å². The highest BCUT2D eigenvalue weighted by Gasteiger charge is 2.32. The first-order valence-corrected chi connectivity index (χ1v) is 5.55. The van der Waals surface area contributed by atoms with E-state index in [2.05, 4.69) is 15.3 Å². The van der Waals surface area contributed by atoms with E-state index in [1.807, 2.05) is 0 Å². The molecule has 20 heavy (non-hydrogen) atoms. The molecule has 0 aliphatic rings. The van der Waals surface area contributed by atoms with Crippen molar-refractivity contribution in [1.82, 2.24) is 9.97 Å². The predicted molar refractivity (Wildman–Crippen MR) is 63.8 cm³/mol. The highest BCUT2D eigenvalue weighted by molar-refractivity contribution is 5.92. The zero-order valence-corrected chi connectivity index (χ0v) is 10.6. The Balaban J connectivity index is 2.30. The third-order valence-corrected chi connectivity index (χ3v) is 2.48. The monoisotopic (exact) mass is 285 g/mol. The summed E-state index contributed by atoms with van der Waals surface area (Å²) in [6.45, 7) is 2.89. The number of pyridine rings is 1. The molecule has 0 unspecified atom stereocenters. The van der Waals surface area contributed by atoms with Crippen molar-refractivity contribution < 1.29 is 22.4 Å². The summed E-state index contributed by atoms with van der Waals surface area (Å²) >= 11 is 0. The van der Waals surface area contributed by atoms with Crippen molar-refractivity contribution in [3.05, 3.63) is 35.3 Å². The molecule has 2 aromatic heterocycles. The Morgan fingerprint density at radius 3 is 2.55 bits per heavy atom. The fraction of sp³-hybridized carbons (Fsp3) is 0.250. The predicted octanol–water partition coefficient (Wildman–Crippen LogP) is 3.34. The molecular weight excluding hydrogens is 275 g/mol. The summed E-state index contributed by atoms with van der Waals surface area (Å²) in [5.74, 6) is -0.340. The Morgan fingerprint density at radius 1 is 1.30 bits per heavy atom. The number of hydrogen-bond acceptors (Lipinski definition) is 5. The summed E-state index contributed by atoms with van der Waals surface area (Å²) in [4.78, 5) is 18.3. The lowest BCUT2D eigenvalue weighted by Gasteiger charge is -2.10. The average molecular weight is 285 g/mol. The third kappa shape index (κ3) is 2.95. The minimum atomic E-state index is -4.54. The fourth-order valence-electron chi connectivity index (χ4n) is 1.41. The van der Waals surface area contributed by atoms with Gasteiger partial charge in [-0.1, -0.05) is 6.07 Å². The maximum absolute atomic E-state index is 12.6. The van der Waals surface area contributed by atoms with E-state index in [9.17, 15) is 18.0 Å². The Hall–Kier alpha value is -2.38. The molecule has 0 saturated heterocycles. The Labute approximate surface area is 111 Å². The number of oxazole rings is 1.